The van der Waals surface area contributed by atoms with E-state index in [2.05, 4.69) is 27.9 Å². The lowest BCUT2D eigenvalue weighted by atomic mass is 10.1. The van der Waals surface area contributed by atoms with Crippen LogP contribution >= 0.6 is 0 Å². The third-order valence-corrected chi connectivity index (χ3v) is 5.56. The van der Waals surface area contributed by atoms with Crippen LogP contribution in [0.25, 0.3) is 11.3 Å². The molecule has 1 aromatic heterocycles. The monoisotopic (exact) mass is 373 g/mol. The van der Waals surface area contributed by atoms with Gasteiger partial charge in [-0.15, -0.1) is 0 Å². The van der Waals surface area contributed by atoms with E-state index in [1.54, 1.807) is 6.07 Å². The normalized spacial score (nSPS) is 20.7. The molecule has 2 aromatic carbocycles. The van der Waals surface area contributed by atoms with Crippen molar-refractivity contribution in [3.8, 4) is 11.3 Å². The first-order valence-corrected chi connectivity index (χ1v) is 9.93. The summed E-state index contributed by atoms with van der Waals surface area (Å²) in [4.78, 5) is 12.4. The minimum atomic E-state index is -0.294. The van der Waals surface area contributed by atoms with Crippen molar-refractivity contribution >= 4 is 11.6 Å². The first kappa shape index (κ1) is 17.2. The van der Waals surface area contributed by atoms with E-state index >= 15 is 0 Å². The fraction of sp³-hybridized carbons (Fsp3) is 0.304. The van der Waals surface area contributed by atoms with Crippen LogP contribution in [0.4, 0.5) is 5.69 Å². The number of rotatable bonds is 7. The number of hydrogen-bond acceptors (Lipinski definition) is 4. The van der Waals surface area contributed by atoms with Gasteiger partial charge in [0.05, 0.1) is 0 Å². The maximum absolute atomic E-state index is 12.4. The number of benzene rings is 2. The number of amides is 1. The maximum Gasteiger partial charge on any atom is 0.294 e. The largest absolute Gasteiger partial charge is 0.350 e. The molecular formula is C23H23N3O2. The summed E-state index contributed by atoms with van der Waals surface area (Å²) in [7, 11) is 0. The lowest BCUT2D eigenvalue weighted by Crippen LogP contribution is -2.20. The molecule has 1 amide bonds. The molecule has 2 aliphatic carbocycles. The number of aromatic nitrogens is 1. The standard InChI is InChI=1S/C23H23N3O2/c27-23(22-13-20(26-28-22)17-4-2-1-3-5-17)25-18-10-8-16(9-11-18)19-12-21(19)24-14-15-6-7-15/h1-5,8-11,13,15,19,21,24H,6-7,12,14H2,(H,25,27)/t19-,21+/m0/s1. The Balaban J connectivity index is 1.18. The van der Waals surface area contributed by atoms with Gasteiger partial charge < -0.3 is 15.2 Å². The number of nitrogens with one attached hydrogen (secondary N) is 2. The van der Waals surface area contributed by atoms with E-state index in [9.17, 15) is 4.79 Å². The van der Waals surface area contributed by atoms with Crippen LogP contribution in [0, 0.1) is 5.92 Å². The van der Waals surface area contributed by atoms with Crippen LogP contribution in [-0.4, -0.2) is 23.7 Å². The van der Waals surface area contributed by atoms with Crippen LogP contribution in [0.3, 0.4) is 0 Å². The Morgan fingerprint density at radius 2 is 1.86 bits per heavy atom. The maximum atomic E-state index is 12.4. The molecule has 142 valence electrons. The van der Waals surface area contributed by atoms with Crippen molar-refractivity contribution in [1.29, 1.82) is 0 Å². The number of carbonyl (C=O) groups is 1. The predicted octanol–water partition coefficient (Wildman–Crippen LogP) is 4.45. The Hall–Kier alpha value is -2.92. The van der Waals surface area contributed by atoms with E-state index < -0.39 is 0 Å². The molecule has 5 heteroatoms. The first-order chi connectivity index (χ1) is 13.8. The second kappa shape index (κ2) is 7.24. The second-order valence-electron chi connectivity index (χ2n) is 7.82. The molecule has 5 nitrogen and oxygen atoms in total. The fourth-order valence-electron chi connectivity index (χ4n) is 3.56. The molecule has 2 atom stereocenters. The van der Waals surface area contributed by atoms with Crippen LogP contribution in [-0.2, 0) is 0 Å². The highest BCUT2D eigenvalue weighted by Crippen LogP contribution is 2.41. The molecule has 0 bridgehead atoms. The van der Waals surface area contributed by atoms with Gasteiger partial charge in [0.25, 0.3) is 5.91 Å². The third kappa shape index (κ3) is 3.85. The number of hydrogen-bond donors (Lipinski definition) is 2. The van der Waals surface area contributed by atoms with Crippen molar-refractivity contribution in [2.45, 2.75) is 31.2 Å². The van der Waals surface area contributed by atoms with Crippen molar-refractivity contribution in [2.24, 2.45) is 5.92 Å². The Morgan fingerprint density at radius 3 is 2.61 bits per heavy atom. The van der Waals surface area contributed by atoms with Gasteiger partial charge in [0, 0.05) is 29.3 Å². The zero-order valence-electron chi connectivity index (χ0n) is 15.6. The van der Waals surface area contributed by atoms with Gasteiger partial charge in [-0.25, -0.2) is 0 Å². The van der Waals surface area contributed by atoms with E-state index in [0.29, 0.717) is 17.7 Å². The molecule has 5 rings (SSSR count). The number of nitrogens with zero attached hydrogens (tertiary/aromatic N) is 1. The summed E-state index contributed by atoms with van der Waals surface area (Å²) >= 11 is 0. The van der Waals surface area contributed by atoms with Crippen molar-refractivity contribution < 1.29 is 9.32 Å². The van der Waals surface area contributed by atoms with Gasteiger partial charge >= 0.3 is 0 Å². The fourth-order valence-corrected chi connectivity index (χ4v) is 3.56. The summed E-state index contributed by atoms with van der Waals surface area (Å²) in [5, 5.41) is 10.5. The highest BCUT2D eigenvalue weighted by molar-refractivity contribution is 6.02. The van der Waals surface area contributed by atoms with Crippen LogP contribution < -0.4 is 10.6 Å². The van der Waals surface area contributed by atoms with Gasteiger partial charge in [-0.1, -0.05) is 47.6 Å². The van der Waals surface area contributed by atoms with Crippen molar-refractivity contribution in [3.05, 3.63) is 72.0 Å². The topological polar surface area (TPSA) is 67.2 Å². The molecule has 2 N–H and O–H groups in total. The molecule has 0 saturated heterocycles. The SMILES string of the molecule is O=C(Nc1ccc([C@@H]2C[C@H]2NCC2CC2)cc1)c1cc(-c2ccccc2)no1. The molecule has 0 radical (unpaired) electrons. The van der Waals surface area contributed by atoms with Gasteiger partial charge in [-0.05, 0) is 49.4 Å². The second-order valence-corrected chi connectivity index (χ2v) is 7.82. The van der Waals surface area contributed by atoms with E-state index in [4.69, 9.17) is 4.52 Å². The Labute approximate surface area is 164 Å². The Bertz CT molecular complexity index is 961. The molecule has 2 aliphatic rings. The van der Waals surface area contributed by atoms with Crippen LogP contribution in [0.1, 0.15) is 41.3 Å². The summed E-state index contributed by atoms with van der Waals surface area (Å²) in [6.45, 7) is 1.16. The Kier molecular flexibility index (Phi) is 4.45. The lowest BCUT2D eigenvalue weighted by Gasteiger charge is -2.06. The van der Waals surface area contributed by atoms with Gasteiger partial charge in [0.15, 0.2) is 0 Å². The third-order valence-electron chi connectivity index (χ3n) is 5.56. The zero-order valence-corrected chi connectivity index (χ0v) is 15.6. The van der Waals surface area contributed by atoms with E-state index in [-0.39, 0.29) is 11.7 Å². The van der Waals surface area contributed by atoms with Gasteiger partial charge in [0.1, 0.15) is 5.69 Å². The summed E-state index contributed by atoms with van der Waals surface area (Å²) in [6.07, 6.45) is 3.98. The van der Waals surface area contributed by atoms with Crippen molar-refractivity contribution in [2.75, 3.05) is 11.9 Å². The summed E-state index contributed by atoms with van der Waals surface area (Å²) in [5.41, 5.74) is 3.66. The highest BCUT2D eigenvalue weighted by Gasteiger charge is 2.38. The predicted molar refractivity (Wildman–Crippen MR) is 108 cm³/mol. The first-order valence-electron chi connectivity index (χ1n) is 9.93. The highest BCUT2D eigenvalue weighted by atomic mass is 16.5. The van der Waals surface area contributed by atoms with Crippen molar-refractivity contribution in [1.82, 2.24) is 10.5 Å². The quantitative estimate of drug-likeness (QED) is 0.642. The van der Waals surface area contributed by atoms with Crippen LogP contribution in [0.2, 0.25) is 0 Å². The summed E-state index contributed by atoms with van der Waals surface area (Å²) < 4.78 is 5.22. The molecule has 3 aromatic rings. The summed E-state index contributed by atoms with van der Waals surface area (Å²) in [6, 6.07) is 20.1. The molecule has 2 fully saturated rings. The van der Waals surface area contributed by atoms with E-state index in [1.165, 1.54) is 24.8 Å². The molecule has 2 saturated carbocycles. The van der Waals surface area contributed by atoms with Crippen molar-refractivity contribution in [3.63, 3.8) is 0 Å². The number of anilines is 1. The lowest BCUT2D eigenvalue weighted by molar-refractivity contribution is 0.0988. The average molecular weight is 373 g/mol. The molecule has 28 heavy (non-hydrogen) atoms. The van der Waals surface area contributed by atoms with Gasteiger partial charge in [-0.3, -0.25) is 4.79 Å². The smallest absolute Gasteiger partial charge is 0.294 e. The van der Waals surface area contributed by atoms with Gasteiger partial charge in [0.2, 0.25) is 5.76 Å². The molecule has 0 spiro atoms. The molecule has 1 heterocycles. The minimum Gasteiger partial charge on any atom is -0.350 e. The van der Waals surface area contributed by atoms with Crippen LogP contribution in [0.5, 0.6) is 0 Å². The van der Waals surface area contributed by atoms with Crippen LogP contribution in [0.15, 0.2) is 65.2 Å². The Morgan fingerprint density at radius 1 is 1.07 bits per heavy atom. The van der Waals surface area contributed by atoms with E-state index in [0.717, 1.165) is 23.7 Å². The summed E-state index contributed by atoms with van der Waals surface area (Å²) in [5.74, 6) is 1.43. The molecule has 0 unspecified atom stereocenters. The average Bonchev–Trinajstić information content (AvgIpc) is 3.65. The molecular weight excluding hydrogens is 350 g/mol. The molecule has 0 aliphatic heterocycles. The zero-order chi connectivity index (χ0) is 18.9. The number of carbonyl (C=O) groups excluding carboxylic acids is 1. The van der Waals surface area contributed by atoms with E-state index in [1.807, 2.05) is 42.5 Å². The minimum absolute atomic E-state index is 0.203. The van der Waals surface area contributed by atoms with Gasteiger partial charge in [-0.2, -0.15) is 0 Å².